The Bertz CT molecular complexity index is 458. The number of hydrogen-bond donors (Lipinski definition) is 0. The van der Waals surface area contributed by atoms with Gasteiger partial charge in [-0.05, 0) is 37.3 Å². The fraction of sp³-hybridized carbons (Fsp3) is 0.600. The zero-order valence-electron chi connectivity index (χ0n) is 10.9. The van der Waals surface area contributed by atoms with E-state index in [-0.39, 0.29) is 0 Å². The van der Waals surface area contributed by atoms with Crippen molar-refractivity contribution in [2.24, 2.45) is 0 Å². The molecule has 0 radical (unpaired) electrons. The highest BCUT2D eigenvalue weighted by Crippen LogP contribution is 2.39. The molecule has 0 aromatic carbocycles. The zero-order valence-corrected chi connectivity index (χ0v) is 10.9. The Balaban J connectivity index is 1.92. The lowest BCUT2D eigenvalue weighted by molar-refractivity contribution is -0.135. The molecule has 0 unspecified atom stereocenters. The number of amides is 1. The van der Waals surface area contributed by atoms with Crippen molar-refractivity contribution >= 4 is 5.91 Å². The standard InChI is InChI=1S/C15H20N2O/c1-2-15(18)17-10-4-6-12-11-5-3-9-16-13(11)7-8-14(12)17/h3,5,9,12,14H,2,4,6-8,10H2,1H3/t12-,14+/m1/s1. The molecule has 0 N–H and O–H groups in total. The first-order valence-electron chi connectivity index (χ1n) is 7.04. The minimum Gasteiger partial charge on any atom is -0.339 e. The van der Waals surface area contributed by atoms with Gasteiger partial charge in [-0.3, -0.25) is 9.78 Å². The Kier molecular flexibility index (Phi) is 3.06. The number of fused-ring (bicyclic) bond motifs is 3. The van der Waals surface area contributed by atoms with Gasteiger partial charge >= 0.3 is 0 Å². The molecule has 3 heteroatoms. The Hall–Kier alpha value is -1.38. The minimum absolute atomic E-state index is 0.317. The Morgan fingerprint density at radius 3 is 3.22 bits per heavy atom. The van der Waals surface area contributed by atoms with Gasteiger partial charge in [0.05, 0.1) is 0 Å². The fourth-order valence-corrected chi connectivity index (χ4v) is 3.57. The number of pyridine rings is 1. The highest BCUT2D eigenvalue weighted by Gasteiger charge is 2.38. The minimum atomic E-state index is 0.317. The fourth-order valence-electron chi connectivity index (χ4n) is 3.57. The number of likely N-dealkylation sites (tertiary alicyclic amines) is 1. The molecular weight excluding hydrogens is 224 g/mol. The molecule has 2 heterocycles. The summed E-state index contributed by atoms with van der Waals surface area (Å²) in [5.74, 6) is 0.837. The van der Waals surface area contributed by atoms with Crippen LogP contribution in [0, 0.1) is 0 Å². The molecule has 1 fully saturated rings. The van der Waals surface area contributed by atoms with E-state index in [2.05, 4.69) is 16.0 Å². The summed E-state index contributed by atoms with van der Waals surface area (Å²) < 4.78 is 0. The Morgan fingerprint density at radius 1 is 1.50 bits per heavy atom. The smallest absolute Gasteiger partial charge is 0.222 e. The van der Waals surface area contributed by atoms with E-state index in [9.17, 15) is 4.79 Å². The van der Waals surface area contributed by atoms with E-state index < -0.39 is 0 Å². The molecule has 18 heavy (non-hydrogen) atoms. The molecule has 1 aliphatic heterocycles. The molecule has 1 saturated heterocycles. The monoisotopic (exact) mass is 244 g/mol. The van der Waals surface area contributed by atoms with Crippen LogP contribution < -0.4 is 0 Å². The third kappa shape index (κ3) is 1.82. The van der Waals surface area contributed by atoms with Crippen molar-refractivity contribution < 1.29 is 4.79 Å². The quantitative estimate of drug-likeness (QED) is 0.760. The molecule has 0 saturated carbocycles. The number of carbonyl (C=O) groups excluding carboxylic acids is 1. The van der Waals surface area contributed by atoms with Crippen LogP contribution in [0.5, 0.6) is 0 Å². The van der Waals surface area contributed by atoms with Crippen molar-refractivity contribution in [3.63, 3.8) is 0 Å². The van der Waals surface area contributed by atoms with Crippen molar-refractivity contribution in [3.05, 3.63) is 29.6 Å². The largest absolute Gasteiger partial charge is 0.339 e. The summed E-state index contributed by atoms with van der Waals surface area (Å²) in [5.41, 5.74) is 2.65. The number of aryl methyl sites for hydroxylation is 1. The van der Waals surface area contributed by atoms with Gasteiger partial charge in [0, 0.05) is 36.8 Å². The van der Waals surface area contributed by atoms with Crippen LogP contribution >= 0.6 is 0 Å². The Morgan fingerprint density at radius 2 is 2.39 bits per heavy atom. The maximum atomic E-state index is 12.0. The molecule has 1 aliphatic carbocycles. The van der Waals surface area contributed by atoms with E-state index in [4.69, 9.17) is 0 Å². The Labute approximate surface area is 108 Å². The second-order valence-corrected chi connectivity index (χ2v) is 5.33. The average Bonchev–Trinajstić information content (AvgIpc) is 2.45. The normalized spacial score (nSPS) is 26.4. The maximum absolute atomic E-state index is 12.0. The molecule has 3 nitrogen and oxygen atoms in total. The van der Waals surface area contributed by atoms with Crippen LogP contribution in [0.2, 0.25) is 0 Å². The third-order valence-corrected chi connectivity index (χ3v) is 4.40. The summed E-state index contributed by atoms with van der Waals surface area (Å²) in [6.07, 6.45) is 6.95. The predicted octanol–water partition coefficient (Wildman–Crippen LogP) is 2.51. The van der Waals surface area contributed by atoms with Gasteiger partial charge in [0.25, 0.3) is 0 Å². The lowest BCUT2D eigenvalue weighted by atomic mass is 9.76. The molecule has 2 aliphatic rings. The second kappa shape index (κ2) is 4.71. The van der Waals surface area contributed by atoms with E-state index in [1.165, 1.54) is 17.7 Å². The van der Waals surface area contributed by atoms with Gasteiger partial charge in [-0.2, -0.15) is 0 Å². The average molecular weight is 244 g/mol. The van der Waals surface area contributed by atoms with Crippen LogP contribution in [-0.4, -0.2) is 28.4 Å². The number of nitrogens with zero attached hydrogens (tertiary/aromatic N) is 2. The predicted molar refractivity (Wildman–Crippen MR) is 70.3 cm³/mol. The van der Waals surface area contributed by atoms with Crippen LogP contribution in [0.15, 0.2) is 18.3 Å². The second-order valence-electron chi connectivity index (χ2n) is 5.33. The summed E-state index contributed by atoms with van der Waals surface area (Å²) in [4.78, 5) is 18.7. The zero-order chi connectivity index (χ0) is 12.5. The lowest BCUT2D eigenvalue weighted by Crippen LogP contribution is -2.49. The van der Waals surface area contributed by atoms with E-state index in [0.29, 0.717) is 24.3 Å². The first-order chi connectivity index (χ1) is 8.81. The topological polar surface area (TPSA) is 33.2 Å². The molecule has 1 aromatic rings. The molecular formula is C15H20N2O. The van der Waals surface area contributed by atoms with Crippen LogP contribution in [0.1, 0.15) is 49.8 Å². The van der Waals surface area contributed by atoms with Crippen molar-refractivity contribution in [2.45, 2.75) is 51.0 Å². The highest BCUT2D eigenvalue weighted by atomic mass is 16.2. The van der Waals surface area contributed by atoms with E-state index in [1.807, 2.05) is 19.2 Å². The van der Waals surface area contributed by atoms with Gasteiger partial charge in [0.15, 0.2) is 0 Å². The van der Waals surface area contributed by atoms with Gasteiger partial charge < -0.3 is 4.90 Å². The number of piperidine rings is 1. The number of aromatic nitrogens is 1. The number of rotatable bonds is 1. The SMILES string of the molecule is CCC(=O)N1CCC[C@@H]2c3cccnc3CC[C@@H]21. The lowest BCUT2D eigenvalue weighted by Gasteiger charge is -2.44. The van der Waals surface area contributed by atoms with E-state index in [0.717, 1.165) is 25.8 Å². The molecule has 96 valence electrons. The summed E-state index contributed by atoms with van der Waals surface area (Å²) in [6, 6.07) is 4.66. The molecule has 0 bridgehead atoms. The van der Waals surface area contributed by atoms with Crippen LogP contribution in [0.25, 0.3) is 0 Å². The van der Waals surface area contributed by atoms with E-state index >= 15 is 0 Å². The van der Waals surface area contributed by atoms with Crippen molar-refractivity contribution in [2.75, 3.05) is 6.54 Å². The molecule has 1 amide bonds. The van der Waals surface area contributed by atoms with Crippen LogP contribution in [0.4, 0.5) is 0 Å². The third-order valence-electron chi connectivity index (χ3n) is 4.40. The van der Waals surface area contributed by atoms with E-state index in [1.54, 1.807) is 0 Å². The maximum Gasteiger partial charge on any atom is 0.222 e. The van der Waals surface area contributed by atoms with Crippen LogP contribution in [0.3, 0.4) is 0 Å². The summed E-state index contributed by atoms with van der Waals surface area (Å²) in [6.45, 7) is 2.91. The van der Waals surface area contributed by atoms with Gasteiger partial charge in [0.2, 0.25) is 5.91 Å². The van der Waals surface area contributed by atoms with Crippen molar-refractivity contribution in [3.8, 4) is 0 Å². The summed E-state index contributed by atoms with van der Waals surface area (Å²) in [5, 5.41) is 0. The van der Waals surface area contributed by atoms with Gasteiger partial charge in [-0.25, -0.2) is 0 Å². The summed E-state index contributed by atoms with van der Waals surface area (Å²) >= 11 is 0. The van der Waals surface area contributed by atoms with Gasteiger partial charge in [-0.1, -0.05) is 13.0 Å². The van der Waals surface area contributed by atoms with Gasteiger partial charge in [0.1, 0.15) is 0 Å². The number of carbonyl (C=O) groups is 1. The van der Waals surface area contributed by atoms with Gasteiger partial charge in [-0.15, -0.1) is 0 Å². The number of hydrogen-bond acceptors (Lipinski definition) is 2. The molecule has 0 spiro atoms. The van der Waals surface area contributed by atoms with Crippen LogP contribution in [-0.2, 0) is 11.2 Å². The first-order valence-corrected chi connectivity index (χ1v) is 7.04. The van der Waals surface area contributed by atoms with Crippen molar-refractivity contribution in [1.82, 2.24) is 9.88 Å². The molecule has 3 rings (SSSR count). The molecule has 2 atom stereocenters. The molecule has 1 aromatic heterocycles. The summed E-state index contributed by atoms with van der Waals surface area (Å²) in [7, 11) is 0. The van der Waals surface area contributed by atoms with Crippen molar-refractivity contribution in [1.29, 1.82) is 0 Å². The highest BCUT2D eigenvalue weighted by molar-refractivity contribution is 5.76. The first kappa shape index (κ1) is 11.7.